The van der Waals surface area contributed by atoms with Gasteiger partial charge in [0.25, 0.3) is 0 Å². The number of ether oxygens (including phenoxy) is 10. The summed E-state index contributed by atoms with van der Waals surface area (Å²) in [6.45, 7) is 3.87. The Kier molecular flexibility index (Phi) is 16.3. The van der Waals surface area contributed by atoms with Crippen LogP contribution in [0.25, 0.3) is 10.4 Å². The van der Waals surface area contributed by atoms with E-state index >= 15 is 0 Å². The fourth-order valence-corrected chi connectivity index (χ4v) is 6.26. The van der Waals surface area contributed by atoms with Gasteiger partial charge in [0.05, 0.1) is 25.9 Å². The molecule has 0 unspecified atom stereocenters. The summed E-state index contributed by atoms with van der Waals surface area (Å²) in [5.74, 6) is -1.94. The number of methoxy groups -OCH3 is 2. The summed E-state index contributed by atoms with van der Waals surface area (Å²) >= 11 is 0. The summed E-state index contributed by atoms with van der Waals surface area (Å²) in [6, 6.07) is 19.1. The van der Waals surface area contributed by atoms with E-state index in [9.17, 15) is 14.4 Å². The Balaban J connectivity index is 1.74. The molecule has 0 amide bonds. The maximum Gasteiger partial charge on any atom is 0.303 e. The lowest BCUT2D eigenvalue weighted by Gasteiger charge is -2.49. The second-order valence-corrected chi connectivity index (χ2v) is 12.2. The Bertz CT molecular complexity index is 1460. The first-order valence-electron chi connectivity index (χ1n) is 16.9. The van der Waals surface area contributed by atoms with Crippen LogP contribution >= 0.6 is 0 Å². The second kappa shape index (κ2) is 20.8. The van der Waals surface area contributed by atoms with Gasteiger partial charge >= 0.3 is 17.9 Å². The normalized spacial score (nSPS) is 28.6. The van der Waals surface area contributed by atoms with Gasteiger partial charge in [0.15, 0.2) is 18.5 Å². The molecule has 0 radical (unpaired) electrons. The van der Waals surface area contributed by atoms with Crippen LogP contribution in [0, 0.1) is 0 Å². The number of nitrogens with zero attached hydrogens (tertiary/aromatic N) is 3. The van der Waals surface area contributed by atoms with Crippen molar-refractivity contribution in [3.8, 4) is 0 Å². The molecule has 0 saturated carbocycles. The number of carbonyl (C=O) groups excluding carboxylic acids is 3. The van der Waals surface area contributed by atoms with Crippen molar-refractivity contribution in [1.29, 1.82) is 0 Å². The number of hydrogen-bond acceptors (Lipinski definition) is 14. The van der Waals surface area contributed by atoms with Gasteiger partial charge in [0, 0.05) is 46.4 Å². The van der Waals surface area contributed by atoms with Crippen LogP contribution in [-0.4, -0.2) is 113 Å². The smallest absolute Gasteiger partial charge is 0.303 e. The molecule has 2 aromatic rings. The predicted molar refractivity (Wildman–Crippen MR) is 181 cm³/mol. The van der Waals surface area contributed by atoms with E-state index in [1.165, 1.54) is 35.0 Å². The zero-order valence-corrected chi connectivity index (χ0v) is 29.9. The lowest BCUT2D eigenvalue weighted by Crippen LogP contribution is -2.66. The molecule has 2 heterocycles. The Morgan fingerprint density at radius 3 is 1.87 bits per heavy atom. The van der Waals surface area contributed by atoms with Gasteiger partial charge in [-0.1, -0.05) is 65.8 Å². The van der Waals surface area contributed by atoms with Crippen LogP contribution in [0.15, 0.2) is 65.8 Å². The van der Waals surface area contributed by atoms with Crippen LogP contribution in [0.3, 0.4) is 0 Å². The molecule has 2 fully saturated rings. The standard InChI is InChI=1S/C36H47N3O13/c1-22(40)46-21-29-31(48-23(2)41)33(44-5)35(49-24(3)42)36(51-29)52-32-28(20-45-18-25-12-8-6-9-13-25)50-27(16-17-38-39-37)30(43-4)34(32)47-19-26-14-10-7-11-15-26/h6-15,27-36H,16-21H2,1-5H3/t27-,28-,29+,30+,31-,32-,33+,34-,35-,36+/m1/s1. The first kappa shape index (κ1) is 40.6. The number of rotatable bonds is 18. The van der Waals surface area contributed by atoms with E-state index in [-0.39, 0.29) is 33.0 Å². The van der Waals surface area contributed by atoms with E-state index in [2.05, 4.69) is 10.0 Å². The highest BCUT2D eigenvalue weighted by Crippen LogP contribution is 2.35. The van der Waals surface area contributed by atoms with Crippen molar-refractivity contribution < 1.29 is 61.8 Å². The first-order valence-corrected chi connectivity index (χ1v) is 16.9. The molecule has 2 aliphatic heterocycles. The van der Waals surface area contributed by atoms with Crippen LogP contribution in [0.5, 0.6) is 0 Å². The highest BCUT2D eigenvalue weighted by molar-refractivity contribution is 5.67. The molecule has 4 rings (SSSR count). The Hall–Kier alpha value is -4.12. The maximum atomic E-state index is 12.5. The topological polar surface area (TPSA) is 192 Å². The van der Waals surface area contributed by atoms with E-state index in [0.29, 0.717) is 6.42 Å². The molecular weight excluding hydrogens is 682 g/mol. The SMILES string of the molecule is CO[C@@H]1[C@@H](OC(C)=O)[C@H](O[C@H]2[C@H](OCc3ccccc3)[C@@H](OC)[C@@H](CCN=[N+]=[N-])O[C@@H]2COCc2ccccc2)O[C@@H](COC(C)=O)[C@H]1OC(C)=O. The van der Waals surface area contributed by atoms with Crippen molar-refractivity contribution in [2.75, 3.05) is 34.0 Å². The highest BCUT2D eigenvalue weighted by Gasteiger charge is 2.55. The van der Waals surface area contributed by atoms with Crippen molar-refractivity contribution >= 4 is 17.9 Å². The average Bonchev–Trinajstić information content (AvgIpc) is 3.12. The number of hydrogen-bond donors (Lipinski definition) is 0. The van der Waals surface area contributed by atoms with Crippen LogP contribution in [0.4, 0.5) is 0 Å². The van der Waals surface area contributed by atoms with Crippen molar-refractivity contribution in [3.05, 3.63) is 82.2 Å². The molecule has 2 aliphatic rings. The van der Waals surface area contributed by atoms with Gasteiger partial charge in [0.1, 0.15) is 43.2 Å². The molecule has 2 saturated heterocycles. The number of esters is 3. The number of azide groups is 1. The number of benzene rings is 2. The van der Waals surface area contributed by atoms with E-state index in [1.54, 1.807) is 0 Å². The van der Waals surface area contributed by atoms with E-state index in [1.807, 2.05) is 60.7 Å². The molecule has 284 valence electrons. The molecule has 10 atom stereocenters. The fourth-order valence-electron chi connectivity index (χ4n) is 6.26. The minimum absolute atomic E-state index is 0.0187. The van der Waals surface area contributed by atoms with Crippen molar-refractivity contribution in [3.63, 3.8) is 0 Å². The maximum absolute atomic E-state index is 12.5. The highest BCUT2D eigenvalue weighted by atomic mass is 16.7. The molecule has 0 aliphatic carbocycles. The van der Waals surface area contributed by atoms with Gasteiger partial charge in [-0.2, -0.15) is 0 Å². The van der Waals surface area contributed by atoms with Crippen molar-refractivity contribution in [2.24, 2.45) is 5.11 Å². The van der Waals surface area contributed by atoms with Crippen LogP contribution in [-0.2, 0) is 75.0 Å². The van der Waals surface area contributed by atoms with Crippen LogP contribution < -0.4 is 0 Å². The summed E-state index contributed by atoms with van der Waals surface area (Å²) in [5.41, 5.74) is 10.8. The molecular formula is C36H47N3O13. The average molecular weight is 730 g/mol. The second-order valence-electron chi connectivity index (χ2n) is 12.2. The monoisotopic (exact) mass is 729 g/mol. The molecule has 0 spiro atoms. The van der Waals surface area contributed by atoms with Gasteiger partial charge < -0.3 is 47.4 Å². The fraction of sp³-hybridized carbons (Fsp3) is 0.583. The van der Waals surface area contributed by atoms with E-state index in [4.69, 9.17) is 52.9 Å². The molecule has 16 heteroatoms. The van der Waals surface area contributed by atoms with Crippen molar-refractivity contribution in [1.82, 2.24) is 0 Å². The molecule has 2 aromatic carbocycles. The Labute approximate surface area is 302 Å². The third-order valence-electron chi connectivity index (χ3n) is 8.47. The minimum Gasteiger partial charge on any atom is -0.463 e. The lowest BCUT2D eigenvalue weighted by atomic mass is 9.92. The molecule has 0 bridgehead atoms. The lowest BCUT2D eigenvalue weighted by molar-refractivity contribution is -0.350. The molecule has 0 N–H and O–H groups in total. The zero-order valence-electron chi connectivity index (χ0n) is 29.9. The van der Waals surface area contributed by atoms with Gasteiger partial charge in [-0.3, -0.25) is 14.4 Å². The molecule has 0 aromatic heterocycles. The predicted octanol–water partition coefficient (Wildman–Crippen LogP) is 3.82. The van der Waals surface area contributed by atoms with Crippen molar-refractivity contribution in [2.45, 2.75) is 102 Å². The zero-order chi connectivity index (χ0) is 37.5. The van der Waals surface area contributed by atoms with Gasteiger partial charge in [0.2, 0.25) is 0 Å². The van der Waals surface area contributed by atoms with E-state index in [0.717, 1.165) is 11.1 Å². The summed E-state index contributed by atoms with van der Waals surface area (Å²) in [4.78, 5) is 39.4. The molecule has 16 nitrogen and oxygen atoms in total. The third-order valence-corrected chi connectivity index (χ3v) is 8.47. The van der Waals surface area contributed by atoms with E-state index < -0.39 is 79.1 Å². The van der Waals surface area contributed by atoms with Crippen LogP contribution in [0.1, 0.15) is 38.3 Å². The van der Waals surface area contributed by atoms with Gasteiger partial charge in [-0.25, -0.2) is 0 Å². The third kappa shape index (κ3) is 11.7. The minimum atomic E-state index is -1.38. The van der Waals surface area contributed by atoms with Gasteiger partial charge in [-0.15, -0.1) is 0 Å². The summed E-state index contributed by atoms with van der Waals surface area (Å²) in [6.07, 6.45) is -9.74. The largest absolute Gasteiger partial charge is 0.463 e. The van der Waals surface area contributed by atoms with Gasteiger partial charge in [-0.05, 0) is 23.1 Å². The molecule has 52 heavy (non-hydrogen) atoms. The Morgan fingerprint density at radius 1 is 0.692 bits per heavy atom. The quantitative estimate of drug-likeness (QED) is 0.0708. The van der Waals surface area contributed by atoms with Crippen LogP contribution in [0.2, 0.25) is 0 Å². The number of carbonyl (C=O) groups is 3. The Morgan fingerprint density at radius 2 is 1.29 bits per heavy atom. The summed E-state index contributed by atoms with van der Waals surface area (Å²) < 4.78 is 60.7. The summed E-state index contributed by atoms with van der Waals surface area (Å²) in [7, 11) is 2.86. The summed E-state index contributed by atoms with van der Waals surface area (Å²) in [5, 5.41) is 3.70. The first-order chi connectivity index (χ1) is 25.1.